The van der Waals surface area contributed by atoms with Gasteiger partial charge in [0.2, 0.25) is 0 Å². The number of carboxylic acid groups (broad SMARTS) is 1. The molecule has 10 heteroatoms. The van der Waals surface area contributed by atoms with Gasteiger partial charge in [-0.15, -0.1) is 0 Å². The summed E-state index contributed by atoms with van der Waals surface area (Å²) in [6.45, 7) is 4.88. The van der Waals surface area contributed by atoms with Crippen molar-refractivity contribution in [1.82, 2.24) is 9.88 Å². The quantitative estimate of drug-likeness (QED) is 0.533. The van der Waals surface area contributed by atoms with E-state index in [1.807, 2.05) is 12.1 Å². The van der Waals surface area contributed by atoms with E-state index in [-0.39, 0.29) is 12.5 Å². The van der Waals surface area contributed by atoms with Crippen molar-refractivity contribution in [2.45, 2.75) is 32.1 Å². The van der Waals surface area contributed by atoms with Crippen molar-refractivity contribution in [3.8, 4) is 0 Å². The van der Waals surface area contributed by atoms with Crippen LogP contribution in [0, 0.1) is 0 Å². The number of anilines is 1. The van der Waals surface area contributed by atoms with Crippen LogP contribution in [0.3, 0.4) is 0 Å². The van der Waals surface area contributed by atoms with Gasteiger partial charge in [-0.3, -0.25) is 9.69 Å². The number of rotatable bonds is 5. The predicted molar refractivity (Wildman–Crippen MR) is 119 cm³/mol. The molecule has 1 aromatic heterocycles. The van der Waals surface area contributed by atoms with Gasteiger partial charge in [0.05, 0.1) is 22.2 Å². The summed E-state index contributed by atoms with van der Waals surface area (Å²) in [5, 5.41) is 10.3. The second-order valence-electron chi connectivity index (χ2n) is 7.99. The fraction of sp³-hybridized carbons (Fsp3) is 0.364. The van der Waals surface area contributed by atoms with Gasteiger partial charge in [-0.05, 0) is 48.4 Å². The molecule has 0 bridgehead atoms. The molecule has 0 unspecified atom stereocenters. The summed E-state index contributed by atoms with van der Waals surface area (Å²) in [5.74, 6) is -0.904. The molecule has 0 amide bonds. The molecule has 5 nitrogen and oxygen atoms in total. The molecule has 0 spiro atoms. The van der Waals surface area contributed by atoms with E-state index in [9.17, 15) is 18.0 Å². The number of hydrogen-bond donors (Lipinski definition) is 1. The number of alkyl halides is 3. The third kappa shape index (κ3) is 5.16. The number of carboxylic acids is 1. The monoisotopic (exact) mass is 483 g/mol. The molecule has 0 saturated carbocycles. The molecule has 1 N–H and O–H groups in total. The van der Waals surface area contributed by atoms with Gasteiger partial charge in [0, 0.05) is 37.2 Å². The van der Waals surface area contributed by atoms with Crippen molar-refractivity contribution in [3.05, 3.63) is 58.1 Å². The topological polar surface area (TPSA) is 56.7 Å². The van der Waals surface area contributed by atoms with Gasteiger partial charge in [-0.2, -0.15) is 13.2 Å². The molecule has 3 aromatic rings. The van der Waals surface area contributed by atoms with E-state index < -0.39 is 17.7 Å². The first-order valence-corrected chi connectivity index (χ1v) is 11.2. The first-order valence-electron chi connectivity index (χ1n) is 10.1. The average molecular weight is 484 g/mol. The molecule has 1 fully saturated rings. The minimum atomic E-state index is -4.37. The normalized spacial score (nSPS) is 17.8. The molecule has 1 aliphatic heterocycles. The van der Waals surface area contributed by atoms with E-state index >= 15 is 0 Å². The zero-order chi connectivity index (χ0) is 23.0. The van der Waals surface area contributed by atoms with Crippen LogP contribution in [0.1, 0.15) is 23.6 Å². The van der Waals surface area contributed by atoms with Crippen molar-refractivity contribution in [1.29, 1.82) is 0 Å². The summed E-state index contributed by atoms with van der Waals surface area (Å²) in [4.78, 5) is 19.9. The van der Waals surface area contributed by atoms with E-state index in [1.54, 1.807) is 6.07 Å². The molecule has 2 heterocycles. The van der Waals surface area contributed by atoms with Crippen molar-refractivity contribution < 1.29 is 23.1 Å². The maximum Gasteiger partial charge on any atom is 0.416 e. The number of halogens is 4. The number of hydrogen-bond acceptors (Lipinski definition) is 5. The van der Waals surface area contributed by atoms with Crippen molar-refractivity contribution in [2.75, 3.05) is 24.5 Å². The van der Waals surface area contributed by atoms with E-state index in [2.05, 4.69) is 21.7 Å². The van der Waals surface area contributed by atoms with Gasteiger partial charge in [0.1, 0.15) is 0 Å². The minimum absolute atomic E-state index is 0.0780. The summed E-state index contributed by atoms with van der Waals surface area (Å²) in [7, 11) is 0. The lowest BCUT2D eigenvalue weighted by atomic mass is 10.1. The molecule has 32 heavy (non-hydrogen) atoms. The Morgan fingerprint density at radius 2 is 1.97 bits per heavy atom. The Morgan fingerprint density at radius 1 is 1.22 bits per heavy atom. The number of aromatic nitrogens is 1. The highest BCUT2D eigenvalue weighted by Crippen LogP contribution is 2.36. The number of piperazine rings is 1. The van der Waals surface area contributed by atoms with Crippen LogP contribution in [0.2, 0.25) is 5.02 Å². The Balaban J connectivity index is 1.46. The first kappa shape index (κ1) is 22.8. The summed E-state index contributed by atoms with van der Waals surface area (Å²) in [6, 6.07) is 9.13. The third-order valence-corrected chi connectivity index (χ3v) is 6.71. The van der Waals surface area contributed by atoms with Crippen LogP contribution in [0.15, 0.2) is 36.4 Å². The number of thiazole rings is 1. The predicted octanol–water partition coefficient (Wildman–Crippen LogP) is 5.31. The van der Waals surface area contributed by atoms with Crippen LogP contribution < -0.4 is 4.90 Å². The van der Waals surface area contributed by atoms with E-state index in [4.69, 9.17) is 16.7 Å². The third-order valence-electron chi connectivity index (χ3n) is 5.44. The second kappa shape index (κ2) is 8.88. The highest BCUT2D eigenvalue weighted by Gasteiger charge is 2.31. The fourth-order valence-electron chi connectivity index (χ4n) is 4.02. The van der Waals surface area contributed by atoms with Crippen LogP contribution >= 0.6 is 22.9 Å². The van der Waals surface area contributed by atoms with Gasteiger partial charge in [0.15, 0.2) is 5.13 Å². The Bertz CT molecular complexity index is 1150. The Morgan fingerprint density at radius 3 is 2.66 bits per heavy atom. The Labute approximate surface area is 192 Å². The summed E-state index contributed by atoms with van der Waals surface area (Å²) in [6.07, 6.45) is -4.45. The number of nitrogens with zero attached hydrogens (tertiary/aromatic N) is 3. The molecule has 1 atom stereocenters. The average Bonchev–Trinajstić information content (AvgIpc) is 3.09. The molecular formula is C22H21ClF3N3O2S. The molecular weight excluding hydrogens is 463 g/mol. The second-order valence-corrected chi connectivity index (χ2v) is 9.44. The Hall–Kier alpha value is -2.36. The number of carbonyl (C=O) groups is 1. The minimum Gasteiger partial charge on any atom is -0.481 e. The zero-order valence-corrected chi connectivity index (χ0v) is 18.8. The molecule has 2 aromatic carbocycles. The standard InChI is InChI=1S/C22H21ClF3N3O2S/c1-13-11-28(12-15-6-14(9-20(30)31)7-17(23)8-15)4-5-29(13)21-27-18-3-2-16(22(24,25)26)10-19(18)32-21/h2-3,6-8,10,13H,4-5,9,11-12H2,1H3,(H,30,31)/t13-/m1/s1. The SMILES string of the molecule is C[C@@H]1CN(Cc2cc(Cl)cc(CC(=O)O)c2)CCN1c1nc2ccc(C(F)(F)F)cc2s1. The maximum atomic E-state index is 13.0. The molecule has 1 aliphatic rings. The fourth-order valence-corrected chi connectivity index (χ4v) is 5.43. The molecule has 1 saturated heterocycles. The van der Waals surface area contributed by atoms with Gasteiger partial charge in [-0.1, -0.05) is 29.0 Å². The smallest absolute Gasteiger partial charge is 0.416 e. The van der Waals surface area contributed by atoms with Gasteiger partial charge in [0.25, 0.3) is 0 Å². The van der Waals surface area contributed by atoms with Crippen LogP contribution in [-0.2, 0) is 23.9 Å². The summed E-state index contributed by atoms with van der Waals surface area (Å²) < 4.78 is 39.5. The van der Waals surface area contributed by atoms with E-state index in [0.29, 0.717) is 33.9 Å². The van der Waals surface area contributed by atoms with Crippen molar-refractivity contribution in [3.63, 3.8) is 0 Å². The van der Waals surface area contributed by atoms with Crippen LogP contribution in [0.25, 0.3) is 10.2 Å². The number of fused-ring (bicyclic) bond motifs is 1. The first-order chi connectivity index (χ1) is 15.1. The Kier molecular flexibility index (Phi) is 6.33. The molecule has 0 aliphatic carbocycles. The molecule has 170 valence electrons. The van der Waals surface area contributed by atoms with Crippen LogP contribution in [-0.4, -0.2) is 46.6 Å². The molecule has 0 radical (unpaired) electrons. The van der Waals surface area contributed by atoms with E-state index in [1.165, 1.54) is 17.4 Å². The lowest BCUT2D eigenvalue weighted by molar-refractivity contribution is -0.138. The molecule has 4 rings (SSSR count). The lowest BCUT2D eigenvalue weighted by Gasteiger charge is -2.39. The number of aliphatic carboxylic acids is 1. The van der Waals surface area contributed by atoms with E-state index in [0.717, 1.165) is 35.9 Å². The van der Waals surface area contributed by atoms with Crippen LogP contribution in [0.4, 0.5) is 18.3 Å². The van der Waals surface area contributed by atoms with Crippen molar-refractivity contribution in [2.24, 2.45) is 0 Å². The lowest BCUT2D eigenvalue weighted by Crippen LogP contribution is -2.51. The maximum absolute atomic E-state index is 13.0. The highest BCUT2D eigenvalue weighted by atomic mass is 35.5. The van der Waals surface area contributed by atoms with Gasteiger partial charge >= 0.3 is 12.1 Å². The summed E-state index contributed by atoms with van der Waals surface area (Å²) in [5.41, 5.74) is 1.52. The van der Waals surface area contributed by atoms with Crippen LogP contribution in [0.5, 0.6) is 0 Å². The zero-order valence-electron chi connectivity index (χ0n) is 17.2. The van der Waals surface area contributed by atoms with Gasteiger partial charge in [-0.25, -0.2) is 4.98 Å². The van der Waals surface area contributed by atoms with Crippen molar-refractivity contribution >= 4 is 44.3 Å². The van der Waals surface area contributed by atoms with Gasteiger partial charge < -0.3 is 10.0 Å². The largest absolute Gasteiger partial charge is 0.481 e. The summed E-state index contributed by atoms with van der Waals surface area (Å²) >= 11 is 7.44. The highest BCUT2D eigenvalue weighted by molar-refractivity contribution is 7.22. The number of benzene rings is 2.